The van der Waals surface area contributed by atoms with E-state index in [2.05, 4.69) is 33.9 Å². The van der Waals surface area contributed by atoms with Gasteiger partial charge < -0.3 is 18.6 Å². The topological polar surface area (TPSA) is 54.0 Å². The Hall–Kier alpha value is -2.06. The molecule has 0 spiro atoms. The molecule has 0 radical (unpaired) electrons. The second kappa shape index (κ2) is 9.43. The highest BCUT2D eigenvalue weighted by molar-refractivity contribution is 8.01. The number of hydrogen-bond acceptors (Lipinski definition) is 6. The number of rotatable bonds is 8. The van der Waals surface area contributed by atoms with Crippen LogP contribution in [0.2, 0.25) is 18.1 Å². The first-order valence-electron chi connectivity index (χ1n) is 12.0. The largest absolute Gasteiger partial charge is 0.497 e. The quantitative estimate of drug-likeness (QED) is 0.292. The summed E-state index contributed by atoms with van der Waals surface area (Å²) in [5, 5.41) is 0.0183. The standard InChI is InChI=1S/C28H36O5SSi/c1-26(2,3)35(6,7)33-24-19-23-27(4,34-22-11-9-8-10-12-22)25(29)28(24,32-23)17-18-31-21-15-13-20(30-5)14-16-21/h8-18,23-24H,19H2,1-7H3/b18-17+. The van der Waals surface area contributed by atoms with Crippen molar-refractivity contribution >= 4 is 25.9 Å². The van der Waals surface area contributed by atoms with E-state index in [4.69, 9.17) is 18.6 Å². The Morgan fingerprint density at radius 3 is 2.29 bits per heavy atom. The van der Waals surface area contributed by atoms with Crippen molar-refractivity contribution in [2.45, 2.75) is 79.7 Å². The highest BCUT2D eigenvalue weighted by Gasteiger charge is 2.70. The molecule has 0 saturated carbocycles. The van der Waals surface area contributed by atoms with E-state index in [1.165, 1.54) is 0 Å². The van der Waals surface area contributed by atoms with Gasteiger partial charge in [0.2, 0.25) is 0 Å². The molecule has 2 heterocycles. The van der Waals surface area contributed by atoms with Gasteiger partial charge in [-0.3, -0.25) is 4.79 Å². The van der Waals surface area contributed by atoms with Crippen LogP contribution in [0, 0.1) is 0 Å². The van der Waals surface area contributed by atoms with Crippen LogP contribution in [0.4, 0.5) is 0 Å². The molecular weight excluding hydrogens is 476 g/mol. The number of carbonyl (C=O) groups is 1. The van der Waals surface area contributed by atoms with Crippen molar-refractivity contribution < 1.29 is 23.4 Å². The maximum Gasteiger partial charge on any atom is 0.192 e. The maximum atomic E-state index is 14.2. The van der Waals surface area contributed by atoms with Crippen molar-refractivity contribution in [3.05, 3.63) is 66.9 Å². The van der Waals surface area contributed by atoms with Crippen LogP contribution in [0.5, 0.6) is 11.5 Å². The van der Waals surface area contributed by atoms with Gasteiger partial charge in [0, 0.05) is 11.3 Å². The summed E-state index contributed by atoms with van der Waals surface area (Å²) in [6.07, 6.45) is 3.42. The average molecular weight is 513 g/mol. The molecule has 188 valence electrons. The number of Topliss-reactive ketones (excluding diaryl/α,β-unsaturated/α-hetero) is 1. The molecule has 0 amide bonds. The van der Waals surface area contributed by atoms with Gasteiger partial charge in [0.15, 0.2) is 19.7 Å². The van der Waals surface area contributed by atoms with E-state index in [1.807, 2.05) is 61.5 Å². The molecule has 2 aromatic rings. The first-order valence-corrected chi connectivity index (χ1v) is 15.8. The fourth-order valence-corrected chi connectivity index (χ4v) is 7.05. The van der Waals surface area contributed by atoms with E-state index in [-0.39, 0.29) is 23.0 Å². The Morgan fingerprint density at radius 2 is 1.69 bits per heavy atom. The highest BCUT2D eigenvalue weighted by Crippen LogP contribution is 2.57. The van der Waals surface area contributed by atoms with E-state index in [0.29, 0.717) is 12.2 Å². The van der Waals surface area contributed by atoms with Crippen LogP contribution < -0.4 is 9.47 Å². The second-order valence-corrected chi connectivity index (χ2v) is 17.2. The van der Waals surface area contributed by atoms with Gasteiger partial charge in [-0.2, -0.15) is 0 Å². The first-order chi connectivity index (χ1) is 16.4. The fourth-order valence-electron chi connectivity index (χ4n) is 4.40. The van der Waals surface area contributed by atoms with Crippen molar-refractivity contribution in [3.63, 3.8) is 0 Å². The lowest BCUT2D eigenvalue weighted by molar-refractivity contribution is -0.132. The number of carbonyl (C=O) groups excluding carboxylic acids is 1. The van der Waals surface area contributed by atoms with Crippen molar-refractivity contribution in [1.82, 2.24) is 0 Å². The minimum absolute atomic E-state index is 0.0183. The highest BCUT2D eigenvalue weighted by atomic mass is 32.2. The lowest BCUT2D eigenvalue weighted by Crippen LogP contribution is -2.58. The maximum absolute atomic E-state index is 14.2. The zero-order valence-electron chi connectivity index (χ0n) is 21.7. The average Bonchev–Trinajstić information content (AvgIpc) is 3.26. The Bertz CT molecular complexity index is 1080. The van der Waals surface area contributed by atoms with Crippen LogP contribution in [-0.4, -0.2) is 43.8 Å². The third-order valence-electron chi connectivity index (χ3n) is 7.56. The minimum atomic E-state index is -2.15. The summed E-state index contributed by atoms with van der Waals surface area (Å²) in [7, 11) is -0.519. The van der Waals surface area contributed by atoms with Crippen LogP contribution in [0.1, 0.15) is 34.1 Å². The number of fused-ring (bicyclic) bond motifs is 2. The predicted octanol–water partition coefficient (Wildman–Crippen LogP) is 6.64. The Morgan fingerprint density at radius 1 is 1.06 bits per heavy atom. The molecule has 7 heteroatoms. The molecule has 4 unspecified atom stereocenters. The van der Waals surface area contributed by atoms with Gasteiger partial charge in [0.05, 0.1) is 25.6 Å². The number of benzene rings is 2. The summed E-state index contributed by atoms with van der Waals surface area (Å²) in [5.74, 6) is 1.44. The van der Waals surface area contributed by atoms with Gasteiger partial charge in [0.1, 0.15) is 16.2 Å². The van der Waals surface area contributed by atoms with Gasteiger partial charge in [-0.25, -0.2) is 0 Å². The summed E-state index contributed by atoms with van der Waals surface area (Å²) in [6, 6.07) is 17.4. The Balaban J connectivity index is 1.63. The minimum Gasteiger partial charge on any atom is -0.497 e. The molecule has 5 nitrogen and oxygen atoms in total. The normalized spacial score (nSPS) is 28.6. The molecule has 2 aliphatic rings. The van der Waals surface area contributed by atoms with Crippen molar-refractivity contribution in [1.29, 1.82) is 0 Å². The van der Waals surface area contributed by atoms with Crippen LogP contribution >= 0.6 is 11.8 Å². The van der Waals surface area contributed by atoms with Gasteiger partial charge in [0.25, 0.3) is 0 Å². The van der Waals surface area contributed by atoms with Crippen LogP contribution in [0.25, 0.3) is 0 Å². The monoisotopic (exact) mass is 512 g/mol. The second-order valence-electron chi connectivity index (χ2n) is 10.9. The van der Waals surface area contributed by atoms with Crippen LogP contribution in [0.3, 0.4) is 0 Å². The van der Waals surface area contributed by atoms with Crippen molar-refractivity contribution in [2.75, 3.05) is 7.11 Å². The molecule has 2 fully saturated rings. The third kappa shape index (κ3) is 4.84. The summed E-state index contributed by atoms with van der Waals surface area (Å²) >= 11 is 1.58. The summed E-state index contributed by atoms with van der Waals surface area (Å²) in [6.45, 7) is 13.1. The molecule has 2 saturated heterocycles. The van der Waals surface area contributed by atoms with Crippen molar-refractivity contribution in [3.8, 4) is 11.5 Å². The van der Waals surface area contributed by atoms with E-state index in [9.17, 15) is 4.79 Å². The summed E-state index contributed by atoms with van der Waals surface area (Å²) in [5.41, 5.74) is -1.18. The zero-order valence-corrected chi connectivity index (χ0v) is 23.5. The number of thioether (sulfide) groups is 1. The van der Waals surface area contributed by atoms with Gasteiger partial charge in [-0.1, -0.05) is 39.0 Å². The molecule has 0 aliphatic carbocycles. The van der Waals surface area contributed by atoms with E-state index in [1.54, 1.807) is 31.2 Å². The lowest BCUT2D eigenvalue weighted by Gasteiger charge is -2.43. The molecule has 2 aromatic carbocycles. The molecule has 2 aliphatic heterocycles. The van der Waals surface area contributed by atoms with E-state index < -0.39 is 18.7 Å². The lowest BCUT2D eigenvalue weighted by atomic mass is 9.78. The van der Waals surface area contributed by atoms with E-state index in [0.717, 1.165) is 10.6 Å². The summed E-state index contributed by atoms with van der Waals surface area (Å²) < 4.78 is 23.7. The van der Waals surface area contributed by atoms with Crippen molar-refractivity contribution in [2.24, 2.45) is 0 Å². The third-order valence-corrected chi connectivity index (χ3v) is 13.4. The number of ketones is 1. The smallest absolute Gasteiger partial charge is 0.192 e. The SMILES string of the molecule is COc1ccc(O/C=C/C23OC(CC2O[Si](C)(C)C(C)(C)C)C(C)(Sc2ccccc2)C3=O)cc1. The van der Waals surface area contributed by atoms with E-state index >= 15 is 0 Å². The number of hydrogen-bond donors (Lipinski definition) is 0. The van der Waals surface area contributed by atoms with Gasteiger partial charge in [-0.15, -0.1) is 11.8 Å². The molecule has 4 rings (SSSR count). The Kier molecular flexibility index (Phi) is 7.01. The molecule has 4 atom stereocenters. The van der Waals surface area contributed by atoms with Gasteiger partial charge in [-0.05, 0) is 67.5 Å². The molecule has 0 aromatic heterocycles. The molecule has 35 heavy (non-hydrogen) atoms. The number of ether oxygens (including phenoxy) is 3. The zero-order chi connectivity index (χ0) is 25.5. The number of methoxy groups -OCH3 is 1. The predicted molar refractivity (Wildman–Crippen MR) is 143 cm³/mol. The first kappa shape index (κ1) is 26.0. The molecule has 0 N–H and O–H groups in total. The van der Waals surface area contributed by atoms with Crippen LogP contribution in [0.15, 0.2) is 71.8 Å². The summed E-state index contributed by atoms with van der Waals surface area (Å²) in [4.78, 5) is 15.2. The molecular formula is C28H36O5SSi. The Labute approximate surface area is 214 Å². The fraction of sp³-hybridized carbons (Fsp3) is 0.464. The molecule has 2 bridgehead atoms. The van der Waals surface area contributed by atoms with Gasteiger partial charge >= 0.3 is 0 Å². The van der Waals surface area contributed by atoms with Crippen LogP contribution in [-0.2, 0) is 14.0 Å².